The lowest BCUT2D eigenvalue weighted by atomic mass is 10.1. The van der Waals surface area contributed by atoms with Gasteiger partial charge in [0, 0.05) is 6.61 Å². The second-order valence-corrected chi connectivity index (χ2v) is 5.44. The fourth-order valence-electron chi connectivity index (χ4n) is 1.11. The Balaban J connectivity index is 3.46. The molecule has 0 aromatic carbocycles. The number of ether oxygens (including phenoxy) is 2. The van der Waals surface area contributed by atoms with Crippen molar-refractivity contribution in [2.75, 3.05) is 26.6 Å². The van der Waals surface area contributed by atoms with E-state index in [1.165, 1.54) is 0 Å². The Hall–Kier alpha value is -0.870. The monoisotopic (exact) mass is 325 g/mol. The maximum atomic E-state index is 10.3. The van der Waals surface area contributed by atoms with Crippen molar-refractivity contribution in [1.29, 1.82) is 0 Å². The van der Waals surface area contributed by atoms with Gasteiger partial charge in [0.15, 0.2) is 0 Å². The zero-order valence-electron chi connectivity index (χ0n) is 12.3. The van der Waals surface area contributed by atoms with E-state index in [4.69, 9.17) is 23.9 Å². The molecule has 0 aromatic rings. The first-order chi connectivity index (χ1) is 9.83. The highest BCUT2D eigenvalue weighted by atomic mass is 32.2. The summed E-state index contributed by atoms with van der Waals surface area (Å²) in [5.74, 6) is -1.79. The van der Waals surface area contributed by atoms with Crippen molar-refractivity contribution in [2.45, 2.75) is 38.7 Å². The predicted molar refractivity (Wildman–Crippen MR) is 76.7 cm³/mol. The number of carboxylic acids is 2. The van der Waals surface area contributed by atoms with E-state index < -0.39 is 17.5 Å². The molecule has 0 saturated heterocycles. The standard InChI is InChI=1S/C12H23NO7S/c1-12(2,5-8-18-6-3-10(14)15)19-9-13-21-20-7-4-11(16)17/h13H,3-9H2,1-2H3,(H,14,15)(H,16,17). The van der Waals surface area contributed by atoms with Crippen LogP contribution in [0.15, 0.2) is 0 Å². The maximum absolute atomic E-state index is 10.3. The topological polar surface area (TPSA) is 114 Å². The number of nitrogens with one attached hydrogen (secondary N) is 1. The highest BCUT2D eigenvalue weighted by Gasteiger charge is 2.18. The van der Waals surface area contributed by atoms with E-state index in [0.717, 1.165) is 12.2 Å². The minimum absolute atomic E-state index is 0.00678. The van der Waals surface area contributed by atoms with Crippen LogP contribution in [0, 0.1) is 0 Å². The molecule has 0 unspecified atom stereocenters. The molecular formula is C12H23NO7S. The lowest BCUT2D eigenvalue weighted by Gasteiger charge is -2.25. The largest absolute Gasteiger partial charge is 0.481 e. The van der Waals surface area contributed by atoms with Gasteiger partial charge in [-0.2, -0.15) is 0 Å². The molecule has 0 heterocycles. The van der Waals surface area contributed by atoms with Crippen molar-refractivity contribution in [3.05, 3.63) is 0 Å². The van der Waals surface area contributed by atoms with Gasteiger partial charge in [-0.05, 0) is 20.3 Å². The summed E-state index contributed by atoms with van der Waals surface area (Å²) in [6.45, 7) is 4.75. The fourth-order valence-corrected chi connectivity index (χ4v) is 1.47. The van der Waals surface area contributed by atoms with Crippen LogP contribution in [0.1, 0.15) is 33.1 Å². The van der Waals surface area contributed by atoms with Gasteiger partial charge in [0.05, 0.1) is 43.9 Å². The minimum atomic E-state index is -0.907. The van der Waals surface area contributed by atoms with E-state index >= 15 is 0 Å². The lowest BCUT2D eigenvalue weighted by Crippen LogP contribution is -2.30. The molecule has 9 heteroatoms. The van der Waals surface area contributed by atoms with E-state index in [9.17, 15) is 9.59 Å². The molecule has 0 aliphatic carbocycles. The molecule has 0 rings (SSSR count). The van der Waals surface area contributed by atoms with Crippen LogP contribution in [-0.4, -0.2) is 54.3 Å². The van der Waals surface area contributed by atoms with Gasteiger partial charge in [-0.3, -0.25) is 9.59 Å². The molecule has 0 bridgehead atoms. The Bertz CT molecular complexity index is 312. The zero-order valence-corrected chi connectivity index (χ0v) is 13.1. The van der Waals surface area contributed by atoms with Crippen LogP contribution in [0.3, 0.4) is 0 Å². The number of carboxylic acid groups (broad SMARTS) is 2. The van der Waals surface area contributed by atoms with Crippen molar-refractivity contribution < 1.29 is 33.5 Å². The third kappa shape index (κ3) is 15.3. The van der Waals surface area contributed by atoms with E-state index in [0.29, 0.717) is 13.0 Å². The molecule has 0 amide bonds. The first kappa shape index (κ1) is 20.1. The summed E-state index contributed by atoms with van der Waals surface area (Å²) in [6.07, 6.45) is 0.570. The van der Waals surface area contributed by atoms with Crippen molar-refractivity contribution in [3.8, 4) is 0 Å². The second kappa shape index (κ2) is 11.8. The van der Waals surface area contributed by atoms with Crippen LogP contribution in [0.4, 0.5) is 0 Å². The Labute approximate surface area is 128 Å². The molecule has 0 atom stereocenters. The molecule has 0 spiro atoms. The van der Waals surface area contributed by atoms with Crippen LogP contribution >= 0.6 is 12.2 Å². The zero-order chi connectivity index (χ0) is 16.1. The van der Waals surface area contributed by atoms with Crippen LogP contribution in [0.5, 0.6) is 0 Å². The Morgan fingerprint density at radius 2 is 1.71 bits per heavy atom. The molecule has 21 heavy (non-hydrogen) atoms. The first-order valence-electron chi connectivity index (χ1n) is 6.50. The fraction of sp³-hybridized carbons (Fsp3) is 0.833. The van der Waals surface area contributed by atoms with Gasteiger partial charge in [0.2, 0.25) is 0 Å². The van der Waals surface area contributed by atoms with E-state index in [1.807, 2.05) is 13.8 Å². The maximum Gasteiger partial charge on any atom is 0.305 e. The van der Waals surface area contributed by atoms with Gasteiger partial charge < -0.3 is 23.9 Å². The van der Waals surface area contributed by atoms with Crippen molar-refractivity contribution in [2.24, 2.45) is 0 Å². The normalized spacial score (nSPS) is 11.5. The first-order valence-corrected chi connectivity index (χ1v) is 7.24. The number of hydrogen-bond acceptors (Lipinski definition) is 7. The SMILES string of the molecule is CC(C)(CCOCCC(=O)O)OCNSOCCC(=O)O. The van der Waals surface area contributed by atoms with Crippen molar-refractivity contribution in [1.82, 2.24) is 4.72 Å². The van der Waals surface area contributed by atoms with Gasteiger partial charge in [-0.25, -0.2) is 4.72 Å². The Kier molecular flexibility index (Phi) is 11.3. The second-order valence-electron chi connectivity index (χ2n) is 4.75. The average Bonchev–Trinajstić information content (AvgIpc) is 2.36. The molecule has 3 N–H and O–H groups in total. The van der Waals surface area contributed by atoms with Gasteiger partial charge in [-0.15, -0.1) is 0 Å². The molecule has 0 radical (unpaired) electrons. The predicted octanol–water partition coefficient (Wildman–Crippen LogP) is 1.26. The number of rotatable bonds is 14. The summed E-state index contributed by atoms with van der Waals surface area (Å²) in [4.78, 5) is 20.5. The number of hydrogen-bond donors (Lipinski definition) is 3. The highest BCUT2D eigenvalue weighted by molar-refractivity contribution is 7.92. The molecule has 8 nitrogen and oxygen atoms in total. The Morgan fingerprint density at radius 1 is 1.10 bits per heavy atom. The molecule has 0 aliphatic heterocycles. The van der Waals surface area contributed by atoms with E-state index in [-0.39, 0.29) is 32.8 Å². The third-order valence-electron chi connectivity index (χ3n) is 2.35. The highest BCUT2D eigenvalue weighted by Crippen LogP contribution is 2.14. The van der Waals surface area contributed by atoms with Gasteiger partial charge in [0.1, 0.15) is 6.73 Å². The van der Waals surface area contributed by atoms with Crippen molar-refractivity contribution in [3.63, 3.8) is 0 Å². The van der Waals surface area contributed by atoms with Crippen LogP contribution < -0.4 is 4.72 Å². The summed E-state index contributed by atoms with van der Waals surface area (Å²) < 4.78 is 18.5. The van der Waals surface area contributed by atoms with Crippen LogP contribution in [0.25, 0.3) is 0 Å². The summed E-state index contributed by atoms with van der Waals surface area (Å²) in [6, 6.07) is 0. The summed E-state index contributed by atoms with van der Waals surface area (Å²) in [5.41, 5.74) is -0.419. The smallest absolute Gasteiger partial charge is 0.305 e. The molecule has 124 valence electrons. The molecule has 0 aromatic heterocycles. The van der Waals surface area contributed by atoms with E-state index in [1.54, 1.807) is 0 Å². The van der Waals surface area contributed by atoms with Gasteiger partial charge in [0.25, 0.3) is 0 Å². The number of aliphatic carboxylic acids is 2. The molecular weight excluding hydrogens is 302 g/mol. The van der Waals surface area contributed by atoms with Crippen molar-refractivity contribution >= 4 is 24.2 Å². The Morgan fingerprint density at radius 3 is 2.33 bits per heavy atom. The lowest BCUT2D eigenvalue weighted by molar-refractivity contribution is -0.139. The van der Waals surface area contributed by atoms with Crippen LogP contribution in [-0.2, 0) is 23.2 Å². The van der Waals surface area contributed by atoms with Crippen LogP contribution in [0.2, 0.25) is 0 Å². The quantitative estimate of drug-likeness (QED) is 0.188. The van der Waals surface area contributed by atoms with E-state index in [2.05, 4.69) is 4.72 Å². The molecule has 0 saturated carbocycles. The minimum Gasteiger partial charge on any atom is -0.481 e. The summed E-state index contributed by atoms with van der Waals surface area (Å²) in [7, 11) is 0. The summed E-state index contributed by atoms with van der Waals surface area (Å²) in [5, 5.41) is 16.8. The third-order valence-corrected chi connectivity index (χ3v) is 2.87. The van der Waals surface area contributed by atoms with Gasteiger partial charge in [-0.1, -0.05) is 0 Å². The summed E-state index contributed by atoms with van der Waals surface area (Å²) >= 11 is 0.936. The number of carbonyl (C=O) groups is 2. The van der Waals surface area contributed by atoms with Gasteiger partial charge >= 0.3 is 11.9 Å². The molecule has 0 fully saturated rings. The average molecular weight is 325 g/mol. The molecule has 0 aliphatic rings.